The quantitative estimate of drug-likeness (QED) is 0.197. The van der Waals surface area contributed by atoms with Gasteiger partial charge >= 0.3 is 0 Å². The van der Waals surface area contributed by atoms with Crippen LogP contribution >= 0.6 is 11.6 Å². The van der Waals surface area contributed by atoms with Gasteiger partial charge in [-0.1, -0.05) is 73.5 Å². The first-order valence-corrected chi connectivity index (χ1v) is 10.0. The number of rotatable bonds is 8. The van der Waals surface area contributed by atoms with Crippen molar-refractivity contribution in [3.63, 3.8) is 0 Å². The second-order valence-electron chi connectivity index (χ2n) is 6.77. The molecular weight excluding hydrogens is 400 g/mol. The van der Waals surface area contributed by atoms with Gasteiger partial charge in [0, 0.05) is 18.5 Å². The number of aliphatic hydroxyl groups excluding tert-OH is 1. The van der Waals surface area contributed by atoms with E-state index in [1.165, 1.54) is 0 Å². The molecule has 8 heteroatoms. The van der Waals surface area contributed by atoms with Crippen LogP contribution in [0.2, 0.25) is 5.15 Å². The number of nitrogens with two attached hydrogens (primary N) is 1. The number of benzene rings is 2. The van der Waals surface area contributed by atoms with E-state index in [4.69, 9.17) is 33.8 Å². The van der Waals surface area contributed by atoms with E-state index in [1.807, 2.05) is 53.1 Å². The van der Waals surface area contributed by atoms with Gasteiger partial charge in [-0.3, -0.25) is 5.41 Å². The molecule has 0 aliphatic rings. The van der Waals surface area contributed by atoms with E-state index in [0.717, 1.165) is 47.3 Å². The Morgan fingerprint density at radius 3 is 2.40 bits per heavy atom. The van der Waals surface area contributed by atoms with Gasteiger partial charge in [-0.15, -0.1) is 0 Å². The molecule has 3 rings (SSSR count). The molecule has 3 aromatic rings. The monoisotopic (exact) mass is 426 g/mol. The molecule has 7 nitrogen and oxygen atoms in total. The third kappa shape index (κ3) is 5.31. The summed E-state index contributed by atoms with van der Waals surface area (Å²) in [5, 5.41) is 17.9. The minimum absolute atomic E-state index is 0.0564. The van der Waals surface area contributed by atoms with Crippen LogP contribution in [0.15, 0.2) is 48.5 Å². The second-order valence-corrected chi connectivity index (χ2v) is 7.13. The molecule has 6 N–H and O–H groups in total. The normalized spacial score (nSPS) is 10.4. The highest BCUT2D eigenvalue weighted by molar-refractivity contribution is 6.30. The average molecular weight is 427 g/mol. The van der Waals surface area contributed by atoms with Gasteiger partial charge in [0.05, 0.1) is 12.3 Å². The fourth-order valence-electron chi connectivity index (χ4n) is 3.31. The summed E-state index contributed by atoms with van der Waals surface area (Å²) < 4.78 is 2.01. The molecule has 0 unspecified atom stereocenters. The largest absolute Gasteiger partial charge is 0.390 e. The number of imidazole rings is 1. The zero-order chi connectivity index (χ0) is 22.1. The molecule has 0 saturated heterocycles. The van der Waals surface area contributed by atoms with Gasteiger partial charge in [-0.05, 0) is 23.1 Å². The molecule has 0 saturated carbocycles. The molecule has 0 spiro atoms. The molecule has 0 radical (unpaired) electrons. The number of aromatic nitrogens is 2. The van der Waals surface area contributed by atoms with Gasteiger partial charge in [0.2, 0.25) is 0 Å². The van der Waals surface area contributed by atoms with Crippen LogP contribution in [0.4, 0.5) is 0 Å². The van der Waals surface area contributed by atoms with Gasteiger partial charge in [0.15, 0.2) is 5.15 Å². The van der Waals surface area contributed by atoms with E-state index >= 15 is 0 Å². The number of hydrogen-bond acceptors (Lipinski definition) is 5. The van der Waals surface area contributed by atoms with Crippen LogP contribution in [0.25, 0.3) is 11.1 Å². The first-order valence-electron chi connectivity index (χ1n) is 9.67. The summed E-state index contributed by atoms with van der Waals surface area (Å²) in [4.78, 5) is 4.44. The van der Waals surface area contributed by atoms with Crippen LogP contribution in [0.3, 0.4) is 0 Å². The van der Waals surface area contributed by atoms with E-state index in [0.29, 0.717) is 17.4 Å². The number of aliphatic hydroxyl groups is 1. The Morgan fingerprint density at radius 1 is 1.13 bits per heavy atom. The van der Waals surface area contributed by atoms with Crippen LogP contribution < -0.4 is 5.73 Å². The van der Waals surface area contributed by atoms with Crippen molar-refractivity contribution in [1.82, 2.24) is 9.55 Å². The minimum Gasteiger partial charge on any atom is -0.390 e. The summed E-state index contributed by atoms with van der Waals surface area (Å²) in [6.07, 6.45) is 2.93. The molecule has 1 heterocycles. The summed E-state index contributed by atoms with van der Waals surface area (Å²) in [6.45, 7) is 2.60. The molecule has 2 aromatic carbocycles. The topological polar surface area (TPSA) is 136 Å². The van der Waals surface area contributed by atoms with Gasteiger partial charge < -0.3 is 15.4 Å². The third-order valence-corrected chi connectivity index (χ3v) is 5.13. The van der Waals surface area contributed by atoms with Crippen molar-refractivity contribution in [2.45, 2.75) is 39.3 Å². The van der Waals surface area contributed by atoms with Gasteiger partial charge in [-0.2, -0.15) is 0 Å². The molecule has 30 heavy (non-hydrogen) atoms. The van der Waals surface area contributed by atoms with Gasteiger partial charge in [0.1, 0.15) is 11.7 Å². The Labute approximate surface area is 181 Å². The van der Waals surface area contributed by atoms with E-state index in [2.05, 4.69) is 11.9 Å². The number of halogens is 1. The molecule has 0 bridgehead atoms. The molecular formula is C22H27ClN6O. The van der Waals surface area contributed by atoms with Crippen molar-refractivity contribution in [3.8, 4) is 11.1 Å². The van der Waals surface area contributed by atoms with Crippen LogP contribution in [0, 0.1) is 16.5 Å². The molecule has 158 valence electrons. The predicted molar refractivity (Wildman–Crippen MR) is 119 cm³/mol. The fraction of sp³-hybridized carbons (Fsp3) is 0.273. The maximum Gasteiger partial charge on any atom is 0.152 e. The standard InChI is InChI=1S/C22H25ClN4O.H2N2/c1-2-3-8-20-26-21(23)19(14-28)27(20)13-15-9-11-16(12-10-15)17-6-4-5-7-18(17)22(24)25;1-2/h4-7,9-12,28H,2-3,8,13-14H2,1H3,(H3,24,25);1-2H. The van der Waals surface area contributed by atoms with Crippen LogP contribution in [-0.4, -0.2) is 20.5 Å². The third-order valence-electron chi connectivity index (χ3n) is 4.83. The van der Waals surface area contributed by atoms with Crippen molar-refractivity contribution in [2.24, 2.45) is 5.73 Å². The van der Waals surface area contributed by atoms with Gasteiger partial charge in [-0.25, -0.2) is 16.0 Å². The minimum atomic E-state index is -0.137. The summed E-state index contributed by atoms with van der Waals surface area (Å²) >= 11 is 6.22. The zero-order valence-corrected chi connectivity index (χ0v) is 17.7. The zero-order valence-electron chi connectivity index (χ0n) is 17.0. The Morgan fingerprint density at radius 2 is 1.80 bits per heavy atom. The molecule has 0 aliphatic carbocycles. The Kier molecular flexibility index (Phi) is 8.70. The van der Waals surface area contributed by atoms with E-state index in [1.54, 1.807) is 0 Å². The average Bonchev–Trinajstić information content (AvgIpc) is 3.08. The lowest BCUT2D eigenvalue weighted by Crippen LogP contribution is -2.12. The number of nitrogen functional groups attached to an aromatic ring is 1. The first-order chi connectivity index (χ1) is 14.5. The molecule has 0 amide bonds. The number of nitrogens with zero attached hydrogens (tertiary/aromatic N) is 2. The van der Waals surface area contributed by atoms with Crippen LogP contribution in [0.5, 0.6) is 0 Å². The van der Waals surface area contributed by atoms with Crippen molar-refractivity contribution < 1.29 is 5.11 Å². The van der Waals surface area contributed by atoms with Crippen molar-refractivity contribution >= 4 is 17.4 Å². The Bertz CT molecular complexity index is 984. The Balaban J connectivity index is 0.00000155. The Hall–Kier alpha value is -3.03. The second kappa shape index (κ2) is 11.2. The lowest BCUT2D eigenvalue weighted by atomic mass is 9.98. The highest BCUT2D eigenvalue weighted by Gasteiger charge is 2.15. The molecule has 0 aliphatic heterocycles. The summed E-state index contributed by atoms with van der Waals surface area (Å²) in [5.74, 6) is 0.961. The number of hydrogen-bond donors (Lipinski definition) is 5. The SMILES string of the molecule is CCCCc1nc(Cl)c(CO)n1Cc1ccc(-c2ccccc2C(=N)N)cc1.N=N. The van der Waals surface area contributed by atoms with Crippen LogP contribution in [0.1, 0.15) is 42.4 Å². The smallest absolute Gasteiger partial charge is 0.152 e. The predicted octanol–water partition coefficient (Wildman–Crippen LogP) is 4.97. The first kappa shape index (κ1) is 23.3. The fourth-order valence-corrected chi connectivity index (χ4v) is 3.57. The summed E-state index contributed by atoms with van der Waals surface area (Å²) in [6, 6.07) is 15.8. The highest BCUT2D eigenvalue weighted by Crippen LogP contribution is 2.25. The van der Waals surface area contributed by atoms with E-state index < -0.39 is 0 Å². The van der Waals surface area contributed by atoms with Crippen LogP contribution in [-0.2, 0) is 19.6 Å². The lowest BCUT2D eigenvalue weighted by Gasteiger charge is -2.13. The summed E-state index contributed by atoms with van der Waals surface area (Å²) in [5.41, 5.74) is 20.1. The van der Waals surface area contributed by atoms with Crippen molar-refractivity contribution in [2.75, 3.05) is 0 Å². The molecule has 0 fully saturated rings. The maximum atomic E-state index is 9.71. The number of amidine groups is 1. The van der Waals surface area contributed by atoms with Gasteiger partial charge in [0.25, 0.3) is 0 Å². The molecule has 0 atom stereocenters. The summed E-state index contributed by atoms with van der Waals surface area (Å²) in [7, 11) is 0. The van der Waals surface area contributed by atoms with E-state index in [9.17, 15) is 5.11 Å². The van der Waals surface area contributed by atoms with E-state index in [-0.39, 0.29) is 12.4 Å². The van der Waals surface area contributed by atoms with Crippen molar-refractivity contribution in [1.29, 1.82) is 16.5 Å². The van der Waals surface area contributed by atoms with Crippen molar-refractivity contribution in [3.05, 3.63) is 76.3 Å². The maximum absolute atomic E-state index is 9.71. The number of unbranched alkanes of at least 4 members (excludes halogenated alkanes) is 1. The number of nitrogens with one attached hydrogen (secondary N) is 3. The highest BCUT2D eigenvalue weighted by atomic mass is 35.5. The molecule has 1 aromatic heterocycles. The number of aryl methyl sites for hydroxylation is 1. The lowest BCUT2D eigenvalue weighted by molar-refractivity contribution is 0.271.